The Morgan fingerprint density at radius 2 is 2.17 bits per heavy atom. The van der Waals surface area contributed by atoms with E-state index < -0.39 is 0 Å². The molecule has 4 heterocycles. The number of hydrogen-bond donors (Lipinski definition) is 1. The molecule has 0 bridgehead atoms. The van der Waals surface area contributed by atoms with E-state index in [1.807, 2.05) is 40.7 Å². The second-order valence-corrected chi connectivity index (χ2v) is 7.91. The van der Waals surface area contributed by atoms with Crippen LogP contribution in [0.3, 0.4) is 0 Å². The van der Waals surface area contributed by atoms with Gasteiger partial charge in [-0.2, -0.15) is 16.3 Å². The minimum absolute atomic E-state index is 0.00862. The highest BCUT2D eigenvalue weighted by molar-refractivity contribution is 7.08. The Labute approximate surface area is 172 Å². The number of oxazole rings is 1. The molecule has 4 aromatic rings. The lowest BCUT2D eigenvalue weighted by molar-refractivity contribution is -0.122. The molecule has 0 saturated carbocycles. The van der Waals surface area contributed by atoms with Crippen LogP contribution in [0, 0.1) is 0 Å². The fourth-order valence-corrected chi connectivity index (χ4v) is 4.39. The average molecular weight is 404 g/mol. The first kappa shape index (κ1) is 17.9. The number of nitrogens with zero attached hydrogens (tertiary/aromatic N) is 3. The van der Waals surface area contributed by atoms with Crippen LogP contribution in [0.1, 0.15) is 18.4 Å². The number of anilines is 1. The summed E-state index contributed by atoms with van der Waals surface area (Å²) in [5.74, 6) is -0.00862. The van der Waals surface area contributed by atoms with Crippen LogP contribution in [0.2, 0.25) is 0 Å². The Bertz CT molecular complexity index is 1110. The number of amides is 1. The summed E-state index contributed by atoms with van der Waals surface area (Å²) in [4.78, 5) is 23.7. The Morgan fingerprint density at radius 1 is 1.24 bits per heavy atom. The van der Waals surface area contributed by atoms with Crippen molar-refractivity contribution in [1.82, 2.24) is 15.3 Å². The summed E-state index contributed by atoms with van der Waals surface area (Å²) in [6.45, 7) is 1.21. The minimum Gasteiger partial charge on any atom is -0.423 e. The first-order valence-electron chi connectivity index (χ1n) is 9.64. The predicted octanol–water partition coefficient (Wildman–Crippen LogP) is 4.24. The molecule has 5 rings (SSSR count). The monoisotopic (exact) mass is 404 g/mol. The standard InChI is InChI=1S/C22H20N4O2S/c27-21(24-12-15-10-17(13-23-11-15)16-7-9-29-14-16)19-5-3-8-26(19)22-25-18-4-1-2-6-20(18)28-22/h1-2,4,6-7,9-11,13-14,19H,3,5,8,12H2,(H,24,27). The number of hydrogen-bond acceptors (Lipinski definition) is 6. The highest BCUT2D eigenvalue weighted by Gasteiger charge is 2.33. The van der Waals surface area contributed by atoms with E-state index in [-0.39, 0.29) is 11.9 Å². The summed E-state index contributed by atoms with van der Waals surface area (Å²) in [7, 11) is 0. The van der Waals surface area contributed by atoms with Gasteiger partial charge in [-0.15, -0.1) is 0 Å². The van der Waals surface area contributed by atoms with E-state index in [2.05, 4.69) is 32.8 Å². The van der Waals surface area contributed by atoms with E-state index in [4.69, 9.17) is 4.42 Å². The molecule has 0 radical (unpaired) electrons. The smallest absolute Gasteiger partial charge is 0.299 e. The fraction of sp³-hybridized carbons (Fsp3) is 0.227. The van der Waals surface area contributed by atoms with Crippen LogP contribution < -0.4 is 10.2 Å². The highest BCUT2D eigenvalue weighted by atomic mass is 32.1. The molecule has 1 saturated heterocycles. The zero-order valence-corrected chi connectivity index (χ0v) is 16.6. The van der Waals surface area contributed by atoms with Crippen molar-refractivity contribution < 1.29 is 9.21 Å². The molecule has 1 unspecified atom stereocenters. The molecule has 29 heavy (non-hydrogen) atoms. The van der Waals surface area contributed by atoms with Gasteiger partial charge in [0.15, 0.2) is 5.58 Å². The van der Waals surface area contributed by atoms with Crippen molar-refractivity contribution in [3.8, 4) is 11.1 Å². The van der Waals surface area contributed by atoms with E-state index >= 15 is 0 Å². The Balaban J connectivity index is 1.28. The van der Waals surface area contributed by atoms with E-state index in [9.17, 15) is 4.79 Å². The fourth-order valence-electron chi connectivity index (χ4n) is 3.73. The van der Waals surface area contributed by atoms with Gasteiger partial charge in [0.25, 0.3) is 6.01 Å². The maximum Gasteiger partial charge on any atom is 0.299 e. The van der Waals surface area contributed by atoms with E-state index in [0.717, 1.165) is 47.2 Å². The summed E-state index contributed by atoms with van der Waals surface area (Å²) in [5, 5.41) is 7.20. The van der Waals surface area contributed by atoms with Crippen molar-refractivity contribution in [2.75, 3.05) is 11.4 Å². The van der Waals surface area contributed by atoms with Gasteiger partial charge >= 0.3 is 0 Å². The summed E-state index contributed by atoms with van der Waals surface area (Å²) in [6.07, 6.45) is 5.37. The number of pyridine rings is 1. The van der Waals surface area contributed by atoms with Crippen molar-refractivity contribution in [2.45, 2.75) is 25.4 Å². The van der Waals surface area contributed by atoms with Crippen molar-refractivity contribution >= 4 is 34.4 Å². The molecular formula is C22H20N4O2S. The number of fused-ring (bicyclic) bond motifs is 1. The van der Waals surface area contributed by atoms with Gasteiger partial charge in [-0.05, 0) is 59.0 Å². The van der Waals surface area contributed by atoms with Crippen molar-refractivity contribution in [2.24, 2.45) is 0 Å². The molecule has 6 nitrogen and oxygen atoms in total. The molecule has 146 valence electrons. The largest absolute Gasteiger partial charge is 0.423 e. The first-order valence-corrected chi connectivity index (χ1v) is 10.6. The molecule has 1 amide bonds. The quantitative estimate of drug-likeness (QED) is 0.539. The van der Waals surface area contributed by atoms with E-state index in [0.29, 0.717) is 12.6 Å². The lowest BCUT2D eigenvalue weighted by Crippen LogP contribution is -2.43. The SMILES string of the molecule is O=C(NCc1cncc(-c2ccsc2)c1)C1CCCN1c1nc2ccccc2o1. The number of para-hydroxylation sites is 2. The van der Waals surface area contributed by atoms with Crippen LogP contribution in [-0.2, 0) is 11.3 Å². The van der Waals surface area contributed by atoms with Gasteiger partial charge in [0, 0.05) is 31.0 Å². The molecular weight excluding hydrogens is 384 g/mol. The Kier molecular flexibility index (Phi) is 4.73. The number of thiophene rings is 1. The normalized spacial score (nSPS) is 16.4. The van der Waals surface area contributed by atoms with Gasteiger partial charge < -0.3 is 14.6 Å². The summed E-state index contributed by atoms with van der Waals surface area (Å²) in [5.41, 5.74) is 4.74. The number of aromatic nitrogens is 2. The highest BCUT2D eigenvalue weighted by Crippen LogP contribution is 2.28. The van der Waals surface area contributed by atoms with Crippen LogP contribution in [0.4, 0.5) is 6.01 Å². The zero-order chi connectivity index (χ0) is 19.6. The van der Waals surface area contributed by atoms with Crippen molar-refractivity contribution in [1.29, 1.82) is 0 Å². The molecule has 1 aliphatic heterocycles. The third kappa shape index (κ3) is 3.61. The molecule has 1 atom stereocenters. The maximum atomic E-state index is 12.9. The van der Waals surface area contributed by atoms with Crippen molar-refractivity contribution in [3.63, 3.8) is 0 Å². The number of carbonyl (C=O) groups is 1. The van der Waals surface area contributed by atoms with E-state index in [1.54, 1.807) is 17.5 Å². The summed E-state index contributed by atoms with van der Waals surface area (Å²) in [6, 6.07) is 12.1. The number of carbonyl (C=O) groups excluding carboxylic acids is 1. The second kappa shape index (κ2) is 7.67. The molecule has 1 aromatic carbocycles. The topological polar surface area (TPSA) is 71.3 Å². The number of rotatable bonds is 5. The van der Waals surface area contributed by atoms with E-state index in [1.165, 1.54) is 0 Å². The van der Waals surface area contributed by atoms with Crippen LogP contribution >= 0.6 is 11.3 Å². The van der Waals surface area contributed by atoms with Crippen LogP contribution in [0.5, 0.6) is 0 Å². The van der Waals surface area contributed by atoms with Gasteiger partial charge in [-0.1, -0.05) is 12.1 Å². The second-order valence-electron chi connectivity index (χ2n) is 7.13. The van der Waals surface area contributed by atoms with Gasteiger partial charge in [-0.3, -0.25) is 9.78 Å². The Hall–Kier alpha value is -3.19. The zero-order valence-electron chi connectivity index (χ0n) is 15.7. The first-order chi connectivity index (χ1) is 14.3. The van der Waals surface area contributed by atoms with Gasteiger partial charge in [0.05, 0.1) is 0 Å². The molecule has 1 N–H and O–H groups in total. The Morgan fingerprint density at radius 3 is 3.03 bits per heavy atom. The number of nitrogens with one attached hydrogen (secondary N) is 1. The maximum absolute atomic E-state index is 12.9. The summed E-state index contributed by atoms with van der Waals surface area (Å²) >= 11 is 1.66. The average Bonchev–Trinajstić information content (AvgIpc) is 3.51. The molecule has 0 aliphatic carbocycles. The molecule has 0 spiro atoms. The number of benzene rings is 1. The van der Waals surface area contributed by atoms with Gasteiger partial charge in [0.1, 0.15) is 11.6 Å². The molecule has 1 fully saturated rings. The molecule has 1 aliphatic rings. The van der Waals surface area contributed by atoms with Gasteiger partial charge in [0.2, 0.25) is 5.91 Å². The van der Waals surface area contributed by atoms with Gasteiger partial charge in [-0.25, -0.2) is 0 Å². The lowest BCUT2D eigenvalue weighted by Gasteiger charge is -2.22. The molecule has 7 heteroatoms. The van der Waals surface area contributed by atoms with Crippen LogP contribution in [0.25, 0.3) is 22.2 Å². The van der Waals surface area contributed by atoms with Crippen molar-refractivity contribution in [3.05, 3.63) is 65.1 Å². The lowest BCUT2D eigenvalue weighted by atomic mass is 10.1. The third-order valence-corrected chi connectivity index (χ3v) is 5.88. The minimum atomic E-state index is -0.268. The predicted molar refractivity (Wildman–Crippen MR) is 114 cm³/mol. The third-order valence-electron chi connectivity index (χ3n) is 5.20. The summed E-state index contributed by atoms with van der Waals surface area (Å²) < 4.78 is 5.88. The van der Waals surface area contributed by atoms with Crippen LogP contribution in [-0.4, -0.2) is 28.5 Å². The van der Waals surface area contributed by atoms with Crippen LogP contribution in [0.15, 0.2) is 64.0 Å². The molecule has 3 aromatic heterocycles.